The molecule has 116 valence electrons. The van der Waals surface area contributed by atoms with E-state index in [1.807, 2.05) is 30.3 Å². The number of amides is 1. The van der Waals surface area contributed by atoms with E-state index < -0.39 is 22.0 Å². The standard InChI is InChI=1S/C15H15BrN2O3S/c16-12-6-8-13(9-7-12)22(20,21)18-14(15(17)19)10-11-4-2-1-3-5-11/h1-9,14,18H,10H2,(H2,17,19)/t14-/m1/s1. The predicted octanol–water partition coefficient (Wildman–Crippen LogP) is 1.82. The molecule has 1 amide bonds. The number of hydrogen-bond acceptors (Lipinski definition) is 3. The van der Waals surface area contributed by atoms with E-state index in [1.54, 1.807) is 12.1 Å². The fraction of sp³-hybridized carbons (Fsp3) is 0.133. The van der Waals surface area contributed by atoms with Crippen molar-refractivity contribution in [3.05, 3.63) is 64.6 Å². The van der Waals surface area contributed by atoms with Crippen LogP contribution in [0.2, 0.25) is 0 Å². The summed E-state index contributed by atoms with van der Waals surface area (Å²) >= 11 is 3.24. The molecule has 0 unspecified atom stereocenters. The highest BCUT2D eigenvalue weighted by molar-refractivity contribution is 9.10. The van der Waals surface area contributed by atoms with Gasteiger partial charge in [0.15, 0.2) is 0 Å². The number of nitrogens with two attached hydrogens (primary N) is 1. The fourth-order valence-corrected chi connectivity index (χ4v) is 3.39. The third-order valence-corrected chi connectivity index (χ3v) is 5.06. The van der Waals surface area contributed by atoms with Crippen molar-refractivity contribution >= 4 is 31.9 Å². The third kappa shape index (κ3) is 4.40. The Bertz CT molecular complexity index is 746. The molecule has 2 aromatic rings. The van der Waals surface area contributed by atoms with Crippen LogP contribution in [0.3, 0.4) is 0 Å². The first-order valence-corrected chi connectivity index (χ1v) is 8.77. The number of carbonyl (C=O) groups excluding carboxylic acids is 1. The number of nitrogens with one attached hydrogen (secondary N) is 1. The summed E-state index contributed by atoms with van der Waals surface area (Å²) in [6, 6.07) is 14.2. The second kappa shape index (κ2) is 7.04. The zero-order chi connectivity index (χ0) is 16.2. The molecule has 0 heterocycles. The molecule has 0 saturated carbocycles. The number of carbonyl (C=O) groups is 1. The van der Waals surface area contributed by atoms with Crippen LogP contribution in [-0.2, 0) is 21.2 Å². The van der Waals surface area contributed by atoms with Crippen LogP contribution in [0.1, 0.15) is 5.56 Å². The summed E-state index contributed by atoms with van der Waals surface area (Å²) in [6.45, 7) is 0. The summed E-state index contributed by atoms with van der Waals surface area (Å²) in [4.78, 5) is 11.6. The topological polar surface area (TPSA) is 89.3 Å². The molecule has 0 aliphatic heterocycles. The van der Waals surface area contributed by atoms with Gasteiger partial charge in [0.1, 0.15) is 6.04 Å². The first-order valence-electron chi connectivity index (χ1n) is 6.49. The lowest BCUT2D eigenvalue weighted by molar-refractivity contribution is -0.119. The maximum atomic E-state index is 12.3. The van der Waals surface area contributed by atoms with E-state index in [9.17, 15) is 13.2 Å². The van der Waals surface area contributed by atoms with Gasteiger partial charge in [-0.05, 0) is 36.2 Å². The number of benzene rings is 2. The normalized spacial score (nSPS) is 12.8. The van der Waals surface area contributed by atoms with Crippen LogP contribution in [0.4, 0.5) is 0 Å². The molecule has 0 fully saturated rings. The maximum absolute atomic E-state index is 12.3. The summed E-state index contributed by atoms with van der Waals surface area (Å²) < 4.78 is 27.8. The number of rotatable bonds is 6. The van der Waals surface area contributed by atoms with E-state index in [1.165, 1.54) is 12.1 Å². The second-order valence-electron chi connectivity index (χ2n) is 4.72. The number of hydrogen-bond donors (Lipinski definition) is 2. The van der Waals surface area contributed by atoms with Crippen molar-refractivity contribution in [1.82, 2.24) is 4.72 Å². The Hall–Kier alpha value is -1.70. The fourth-order valence-electron chi connectivity index (χ4n) is 1.92. The van der Waals surface area contributed by atoms with Crippen LogP contribution in [0.15, 0.2) is 64.0 Å². The monoisotopic (exact) mass is 382 g/mol. The molecule has 0 spiro atoms. The zero-order valence-corrected chi connectivity index (χ0v) is 14.0. The highest BCUT2D eigenvalue weighted by Gasteiger charge is 2.24. The van der Waals surface area contributed by atoms with Gasteiger partial charge in [-0.2, -0.15) is 4.72 Å². The molecule has 0 saturated heterocycles. The molecule has 0 bridgehead atoms. The summed E-state index contributed by atoms with van der Waals surface area (Å²) in [5, 5.41) is 0. The molecule has 5 nitrogen and oxygen atoms in total. The van der Waals surface area contributed by atoms with Gasteiger partial charge < -0.3 is 5.73 Å². The lowest BCUT2D eigenvalue weighted by Crippen LogP contribution is -2.45. The maximum Gasteiger partial charge on any atom is 0.241 e. The number of halogens is 1. The van der Waals surface area contributed by atoms with Crippen molar-refractivity contribution in [3.8, 4) is 0 Å². The first-order chi connectivity index (χ1) is 10.4. The summed E-state index contributed by atoms with van der Waals surface area (Å²) in [7, 11) is -3.81. The molecule has 2 aromatic carbocycles. The Kier molecular flexibility index (Phi) is 5.33. The molecule has 0 aromatic heterocycles. The quantitative estimate of drug-likeness (QED) is 0.798. The average Bonchev–Trinajstić information content (AvgIpc) is 2.48. The highest BCUT2D eigenvalue weighted by atomic mass is 79.9. The average molecular weight is 383 g/mol. The molecule has 2 rings (SSSR count). The van der Waals surface area contributed by atoms with E-state index in [2.05, 4.69) is 20.7 Å². The van der Waals surface area contributed by atoms with E-state index in [0.717, 1.165) is 10.0 Å². The van der Waals surface area contributed by atoms with Gasteiger partial charge in [-0.3, -0.25) is 4.79 Å². The van der Waals surface area contributed by atoms with Gasteiger partial charge in [0.2, 0.25) is 15.9 Å². The van der Waals surface area contributed by atoms with Crippen molar-refractivity contribution in [2.45, 2.75) is 17.4 Å². The molecule has 1 atom stereocenters. The van der Waals surface area contributed by atoms with Crippen LogP contribution in [0.5, 0.6) is 0 Å². The lowest BCUT2D eigenvalue weighted by Gasteiger charge is -2.16. The Morgan fingerprint density at radius 1 is 1.09 bits per heavy atom. The van der Waals surface area contributed by atoms with Gasteiger partial charge in [0.05, 0.1) is 4.90 Å². The lowest BCUT2D eigenvalue weighted by atomic mass is 10.1. The minimum Gasteiger partial charge on any atom is -0.368 e. The summed E-state index contributed by atoms with van der Waals surface area (Å²) in [5.74, 6) is -0.718. The van der Waals surface area contributed by atoms with Gasteiger partial charge in [0.25, 0.3) is 0 Å². The first kappa shape index (κ1) is 16.7. The molecule has 0 radical (unpaired) electrons. The Morgan fingerprint density at radius 2 is 1.68 bits per heavy atom. The molecule has 0 aliphatic rings. The molecule has 22 heavy (non-hydrogen) atoms. The van der Waals surface area contributed by atoms with E-state index in [-0.39, 0.29) is 11.3 Å². The van der Waals surface area contributed by atoms with Gasteiger partial charge in [0, 0.05) is 4.47 Å². The Labute approximate surface area is 137 Å². The SMILES string of the molecule is NC(=O)[C@@H](Cc1ccccc1)NS(=O)(=O)c1ccc(Br)cc1. The summed E-state index contributed by atoms with van der Waals surface area (Å²) in [6.07, 6.45) is 0.200. The van der Waals surface area contributed by atoms with E-state index in [0.29, 0.717) is 0 Å². The van der Waals surface area contributed by atoms with Crippen LogP contribution in [0.25, 0.3) is 0 Å². The van der Waals surface area contributed by atoms with Gasteiger partial charge in [-0.1, -0.05) is 46.3 Å². The van der Waals surface area contributed by atoms with Crippen molar-refractivity contribution in [3.63, 3.8) is 0 Å². The molecular formula is C15H15BrN2O3S. The number of sulfonamides is 1. The van der Waals surface area contributed by atoms with Crippen LogP contribution in [0, 0.1) is 0 Å². The predicted molar refractivity (Wildman–Crippen MR) is 87.6 cm³/mol. The molecule has 0 aliphatic carbocycles. The minimum atomic E-state index is -3.81. The van der Waals surface area contributed by atoms with Crippen molar-refractivity contribution < 1.29 is 13.2 Å². The minimum absolute atomic E-state index is 0.0787. The van der Waals surface area contributed by atoms with Gasteiger partial charge in [-0.25, -0.2) is 8.42 Å². The highest BCUT2D eigenvalue weighted by Crippen LogP contribution is 2.15. The van der Waals surface area contributed by atoms with Crippen LogP contribution >= 0.6 is 15.9 Å². The molecular weight excluding hydrogens is 368 g/mol. The molecule has 3 N–H and O–H groups in total. The van der Waals surface area contributed by atoms with Crippen LogP contribution < -0.4 is 10.5 Å². The van der Waals surface area contributed by atoms with Gasteiger partial charge >= 0.3 is 0 Å². The molecule has 7 heteroatoms. The van der Waals surface area contributed by atoms with Crippen molar-refractivity contribution in [1.29, 1.82) is 0 Å². The number of primary amides is 1. The van der Waals surface area contributed by atoms with Crippen molar-refractivity contribution in [2.75, 3.05) is 0 Å². The van der Waals surface area contributed by atoms with Crippen molar-refractivity contribution in [2.24, 2.45) is 5.73 Å². The second-order valence-corrected chi connectivity index (χ2v) is 7.35. The summed E-state index contributed by atoms with van der Waals surface area (Å²) in [5.41, 5.74) is 6.14. The van der Waals surface area contributed by atoms with E-state index in [4.69, 9.17) is 5.73 Å². The largest absolute Gasteiger partial charge is 0.368 e. The Balaban J connectivity index is 2.20. The zero-order valence-electron chi connectivity index (χ0n) is 11.6. The Morgan fingerprint density at radius 3 is 2.23 bits per heavy atom. The van der Waals surface area contributed by atoms with E-state index >= 15 is 0 Å². The van der Waals surface area contributed by atoms with Gasteiger partial charge in [-0.15, -0.1) is 0 Å². The van der Waals surface area contributed by atoms with Crippen LogP contribution in [-0.4, -0.2) is 20.4 Å². The third-order valence-electron chi connectivity index (χ3n) is 3.05. The smallest absolute Gasteiger partial charge is 0.241 e.